The number of aryl methyl sites for hydroxylation is 2. The standard InChI is InChI=1S/C15H17N3O/c1-10(9-16)6-15-17-14(18-19-15)8-13-5-4-11(2)12(3)7-13/h4-5,7,10H,6,8H2,1-3H3. The summed E-state index contributed by atoms with van der Waals surface area (Å²) in [5, 5.41) is 12.7. The third-order valence-electron chi connectivity index (χ3n) is 3.14. The van der Waals surface area contributed by atoms with E-state index in [0.29, 0.717) is 24.6 Å². The summed E-state index contributed by atoms with van der Waals surface area (Å²) >= 11 is 0. The Morgan fingerprint density at radius 2 is 2.11 bits per heavy atom. The molecular formula is C15H17N3O. The molecule has 0 aliphatic heterocycles. The zero-order valence-electron chi connectivity index (χ0n) is 11.5. The maximum absolute atomic E-state index is 8.75. The minimum atomic E-state index is -0.102. The molecule has 2 aromatic rings. The van der Waals surface area contributed by atoms with Crippen LogP contribution in [0.2, 0.25) is 0 Å². The van der Waals surface area contributed by atoms with Crippen molar-refractivity contribution >= 4 is 0 Å². The fourth-order valence-electron chi connectivity index (χ4n) is 1.85. The number of rotatable bonds is 4. The van der Waals surface area contributed by atoms with Gasteiger partial charge in [-0.3, -0.25) is 0 Å². The average Bonchev–Trinajstić information content (AvgIpc) is 2.81. The lowest BCUT2D eigenvalue weighted by atomic mass is 10.0. The Hall–Kier alpha value is -2.15. The van der Waals surface area contributed by atoms with Crippen molar-refractivity contribution < 1.29 is 4.52 Å². The molecule has 4 nitrogen and oxygen atoms in total. The van der Waals surface area contributed by atoms with Crippen molar-refractivity contribution in [2.75, 3.05) is 0 Å². The predicted molar refractivity (Wildman–Crippen MR) is 71.5 cm³/mol. The third kappa shape index (κ3) is 3.41. The first-order chi connectivity index (χ1) is 9.08. The quantitative estimate of drug-likeness (QED) is 0.842. The summed E-state index contributed by atoms with van der Waals surface area (Å²) in [6.07, 6.45) is 1.17. The molecule has 0 saturated heterocycles. The third-order valence-corrected chi connectivity index (χ3v) is 3.14. The van der Waals surface area contributed by atoms with Crippen LogP contribution in [-0.4, -0.2) is 10.1 Å². The van der Waals surface area contributed by atoms with Gasteiger partial charge in [-0.25, -0.2) is 0 Å². The van der Waals surface area contributed by atoms with Crippen LogP contribution in [0.5, 0.6) is 0 Å². The highest BCUT2D eigenvalue weighted by molar-refractivity contribution is 5.31. The first-order valence-electron chi connectivity index (χ1n) is 6.35. The Morgan fingerprint density at radius 3 is 2.79 bits per heavy atom. The minimum Gasteiger partial charge on any atom is -0.339 e. The molecule has 1 unspecified atom stereocenters. The molecule has 2 rings (SSSR count). The topological polar surface area (TPSA) is 62.7 Å². The monoisotopic (exact) mass is 255 g/mol. The van der Waals surface area contributed by atoms with Crippen LogP contribution in [0.15, 0.2) is 22.7 Å². The Bertz CT molecular complexity index is 610. The highest BCUT2D eigenvalue weighted by atomic mass is 16.5. The number of nitrogens with zero attached hydrogens (tertiary/aromatic N) is 3. The van der Waals surface area contributed by atoms with Crippen molar-refractivity contribution in [1.82, 2.24) is 10.1 Å². The van der Waals surface area contributed by atoms with E-state index < -0.39 is 0 Å². The van der Waals surface area contributed by atoms with Gasteiger partial charge in [-0.2, -0.15) is 10.2 Å². The van der Waals surface area contributed by atoms with Gasteiger partial charge in [0.25, 0.3) is 0 Å². The summed E-state index contributed by atoms with van der Waals surface area (Å²) in [7, 11) is 0. The van der Waals surface area contributed by atoms with E-state index in [4.69, 9.17) is 9.78 Å². The first-order valence-corrected chi connectivity index (χ1v) is 6.35. The molecule has 0 bridgehead atoms. The van der Waals surface area contributed by atoms with Crippen molar-refractivity contribution in [1.29, 1.82) is 5.26 Å². The van der Waals surface area contributed by atoms with Crippen LogP contribution in [0.4, 0.5) is 0 Å². The van der Waals surface area contributed by atoms with Crippen molar-refractivity contribution in [3.05, 3.63) is 46.6 Å². The van der Waals surface area contributed by atoms with Crippen LogP contribution in [0, 0.1) is 31.1 Å². The molecule has 0 fully saturated rings. The van der Waals surface area contributed by atoms with Gasteiger partial charge in [-0.05, 0) is 37.5 Å². The Kier molecular flexibility index (Phi) is 3.96. The van der Waals surface area contributed by atoms with Gasteiger partial charge in [0.1, 0.15) is 0 Å². The average molecular weight is 255 g/mol. The first kappa shape index (κ1) is 13.3. The molecule has 0 aliphatic rings. The summed E-state index contributed by atoms with van der Waals surface area (Å²) in [5.41, 5.74) is 3.71. The molecule has 1 heterocycles. The molecule has 0 saturated carbocycles. The van der Waals surface area contributed by atoms with Crippen LogP contribution >= 0.6 is 0 Å². The normalized spacial score (nSPS) is 12.1. The molecule has 98 valence electrons. The van der Waals surface area contributed by atoms with Gasteiger partial charge in [0.2, 0.25) is 5.89 Å². The van der Waals surface area contributed by atoms with Crippen LogP contribution in [0.3, 0.4) is 0 Å². The predicted octanol–water partition coefficient (Wildman–Crippen LogP) is 2.98. The van der Waals surface area contributed by atoms with Crippen LogP contribution in [0.25, 0.3) is 0 Å². The van der Waals surface area contributed by atoms with Crippen LogP contribution in [0.1, 0.15) is 35.3 Å². The summed E-state index contributed by atoms with van der Waals surface area (Å²) in [5.74, 6) is 1.10. The molecule has 0 aliphatic carbocycles. The number of hydrogen-bond donors (Lipinski definition) is 0. The Morgan fingerprint density at radius 1 is 1.32 bits per heavy atom. The van der Waals surface area contributed by atoms with Crippen LogP contribution in [-0.2, 0) is 12.8 Å². The second kappa shape index (κ2) is 5.66. The van der Waals surface area contributed by atoms with E-state index >= 15 is 0 Å². The van der Waals surface area contributed by atoms with E-state index in [1.54, 1.807) is 0 Å². The molecule has 0 radical (unpaired) electrons. The SMILES string of the molecule is Cc1ccc(Cc2noc(CC(C)C#N)n2)cc1C. The largest absolute Gasteiger partial charge is 0.339 e. The van der Waals surface area contributed by atoms with E-state index in [1.165, 1.54) is 16.7 Å². The highest BCUT2D eigenvalue weighted by Crippen LogP contribution is 2.13. The minimum absolute atomic E-state index is 0.102. The highest BCUT2D eigenvalue weighted by Gasteiger charge is 2.10. The summed E-state index contributed by atoms with van der Waals surface area (Å²) in [6.45, 7) is 6.02. The van der Waals surface area contributed by atoms with Gasteiger partial charge in [0, 0.05) is 12.8 Å². The van der Waals surface area contributed by atoms with E-state index in [1.807, 2.05) is 6.92 Å². The molecular weight excluding hydrogens is 238 g/mol. The number of aromatic nitrogens is 2. The lowest BCUT2D eigenvalue weighted by Crippen LogP contribution is -1.97. The zero-order valence-corrected chi connectivity index (χ0v) is 11.5. The van der Waals surface area contributed by atoms with E-state index in [9.17, 15) is 0 Å². The fourth-order valence-corrected chi connectivity index (χ4v) is 1.85. The fraction of sp³-hybridized carbons (Fsp3) is 0.400. The van der Waals surface area contributed by atoms with Gasteiger partial charge in [-0.15, -0.1) is 0 Å². The van der Waals surface area contributed by atoms with Gasteiger partial charge >= 0.3 is 0 Å². The van der Waals surface area contributed by atoms with Gasteiger partial charge in [-0.1, -0.05) is 23.4 Å². The number of benzene rings is 1. The van der Waals surface area contributed by atoms with E-state index in [2.05, 4.69) is 48.3 Å². The molecule has 4 heteroatoms. The Balaban J connectivity index is 2.07. The lowest BCUT2D eigenvalue weighted by molar-refractivity contribution is 0.365. The van der Waals surface area contributed by atoms with E-state index in [0.717, 1.165) is 0 Å². The molecule has 1 aromatic carbocycles. The van der Waals surface area contributed by atoms with Gasteiger partial charge < -0.3 is 4.52 Å². The molecule has 0 amide bonds. The molecule has 19 heavy (non-hydrogen) atoms. The van der Waals surface area contributed by atoms with Gasteiger partial charge in [0.15, 0.2) is 5.82 Å². The van der Waals surface area contributed by atoms with Gasteiger partial charge in [0.05, 0.1) is 12.0 Å². The Labute approximate surface area is 113 Å². The van der Waals surface area contributed by atoms with Crippen molar-refractivity contribution in [2.24, 2.45) is 5.92 Å². The number of hydrogen-bond acceptors (Lipinski definition) is 4. The molecule has 1 atom stereocenters. The zero-order chi connectivity index (χ0) is 13.8. The van der Waals surface area contributed by atoms with Crippen molar-refractivity contribution in [2.45, 2.75) is 33.6 Å². The molecule has 0 spiro atoms. The lowest BCUT2D eigenvalue weighted by Gasteiger charge is -2.02. The number of nitriles is 1. The maximum Gasteiger partial charge on any atom is 0.227 e. The summed E-state index contributed by atoms with van der Waals surface area (Å²) in [6, 6.07) is 8.48. The summed E-state index contributed by atoms with van der Waals surface area (Å²) < 4.78 is 5.15. The smallest absolute Gasteiger partial charge is 0.227 e. The molecule has 0 N–H and O–H groups in total. The second-order valence-electron chi connectivity index (χ2n) is 4.93. The maximum atomic E-state index is 8.75. The summed E-state index contributed by atoms with van der Waals surface area (Å²) in [4.78, 5) is 4.32. The second-order valence-corrected chi connectivity index (χ2v) is 4.93. The van der Waals surface area contributed by atoms with E-state index in [-0.39, 0.29) is 5.92 Å². The molecule has 1 aromatic heterocycles. The van der Waals surface area contributed by atoms with Crippen molar-refractivity contribution in [3.8, 4) is 6.07 Å². The van der Waals surface area contributed by atoms with Crippen LogP contribution < -0.4 is 0 Å². The van der Waals surface area contributed by atoms with Crippen molar-refractivity contribution in [3.63, 3.8) is 0 Å².